The first-order valence-electron chi connectivity index (χ1n) is 8.31. The fourth-order valence-corrected chi connectivity index (χ4v) is 5.56. The zero-order valence-corrected chi connectivity index (χ0v) is 17.2. The van der Waals surface area contributed by atoms with Gasteiger partial charge in [-0.2, -0.15) is 0 Å². The minimum Gasteiger partial charge on any atom is -0.493 e. The second-order valence-corrected chi connectivity index (χ2v) is 8.99. The van der Waals surface area contributed by atoms with Crippen molar-refractivity contribution < 1.29 is 18.7 Å². The van der Waals surface area contributed by atoms with Crippen molar-refractivity contribution in [1.29, 1.82) is 0 Å². The average Bonchev–Trinajstić information content (AvgIpc) is 3.19. The van der Waals surface area contributed by atoms with E-state index in [9.17, 15) is 9.18 Å². The van der Waals surface area contributed by atoms with Crippen LogP contribution in [0, 0.1) is 5.82 Å². The third-order valence-electron chi connectivity index (χ3n) is 3.94. The van der Waals surface area contributed by atoms with Gasteiger partial charge in [-0.25, -0.2) is 4.39 Å². The summed E-state index contributed by atoms with van der Waals surface area (Å²) in [6.07, 6.45) is -0.774. The van der Waals surface area contributed by atoms with Crippen LogP contribution in [-0.2, 0) is 4.79 Å². The Morgan fingerprint density at radius 2 is 1.96 bits per heavy atom. The highest BCUT2D eigenvalue weighted by Crippen LogP contribution is 2.47. The van der Waals surface area contributed by atoms with E-state index in [1.165, 1.54) is 23.8 Å². The monoisotopic (exact) mass is 427 g/mol. The number of benzene rings is 2. The van der Waals surface area contributed by atoms with Gasteiger partial charge < -0.3 is 14.8 Å². The van der Waals surface area contributed by atoms with Crippen molar-refractivity contribution in [3.05, 3.63) is 52.8 Å². The van der Waals surface area contributed by atoms with Crippen LogP contribution in [0.4, 0.5) is 10.1 Å². The maximum atomic E-state index is 13.2. The lowest BCUT2D eigenvalue weighted by Gasteiger charge is -2.18. The molecule has 2 aromatic carbocycles. The summed E-state index contributed by atoms with van der Waals surface area (Å²) in [7, 11) is 1.58. The fourth-order valence-electron chi connectivity index (χ4n) is 2.54. The summed E-state index contributed by atoms with van der Waals surface area (Å²) in [5.41, 5.74) is 1.57. The van der Waals surface area contributed by atoms with Gasteiger partial charge in [0.15, 0.2) is 17.6 Å². The number of methoxy groups -OCH3 is 1. The Kier molecular flexibility index (Phi) is 6.78. The van der Waals surface area contributed by atoms with Crippen LogP contribution in [0.5, 0.6) is 11.5 Å². The van der Waals surface area contributed by atoms with E-state index in [-0.39, 0.29) is 10.9 Å². The number of rotatable bonds is 6. The molecular weight excluding hydrogens is 409 g/mol. The second kappa shape index (κ2) is 9.08. The molecule has 3 rings (SSSR count). The van der Waals surface area contributed by atoms with Gasteiger partial charge in [0.1, 0.15) is 5.82 Å². The van der Waals surface area contributed by atoms with Crippen LogP contribution >= 0.6 is 35.1 Å². The fraction of sp³-hybridized carbons (Fsp3) is 0.316. The number of halogens is 2. The molecule has 1 heterocycles. The minimum absolute atomic E-state index is 0.0544. The van der Waals surface area contributed by atoms with Gasteiger partial charge in [0, 0.05) is 17.2 Å². The topological polar surface area (TPSA) is 47.6 Å². The average molecular weight is 428 g/mol. The van der Waals surface area contributed by atoms with Crippen LogP contribution in [0.25, 0.3) is 0 Å². The normalized spacial score (nSPS) is 15.4. The molecule has 0 aliphatic carbocycles. The van der Waals surface area contributed by atoms with Crippen LogP contribution in [0.2, 0.25) is 5.02 Å². The number of carbonyl (C=O) groups is 1. The standard InChI is InChI=1S/C19H19ClFNO3S2/c1-11(18(23)22-13-4-5-15(21)14(20)10-13)25-16-6-3-12(9-17(16)24-2)19-26-7-8-27-19/h3-6,9-11,19H,7-8H2,1-2H3,(H,22,23). The predicted molar refractivity (Wildman–Crippen MR) is 111 cm³/mol. The van der Waals surface area contributed by atoms with Gasteiger partial charge in [0.05, 0.1) is 16.7 Å². The lowest BCUT2D eigenvalue weighted by molar-refractivity contribution is -0.122. The van der Waals surface area contributed by atoms with Gasteiger partial charge in [-0.1, -0.05) is 17.7 Å². The third kappa shape index (κ3) is 5.03. The van der Waals surface area contributed by atoms with E-state index in [1.807, 2.05) is 41.7 Å². The first kappa shape index (κ1) is 20.2. The van der Waals surface area contributed by atoms with Crippen molar-refractivity contribution in [3.8, 4) is 11.5 Å². The summed E-state index contributed by atoms with van der Waals surface area (Å²) in [6.45, 7) is 1.64. The molecule has 4 nitrogen and oxygen atoms in total. The van der Waals surface area contributed by atoms with Crippen molar-refractivity contribution in [2.45, 2.75) is 17.6 Å². The number of amides is 1. The number of ether oxygens (including phenoxy) is 2. The quantitative estimate of drug-likeness (QED) is 0.671. The van der Waals surface area contributed by atoms with Gasteiger partial charge >= 0.3 is 0 Å². The van der Waals surface area contributed by atoms with Gasteiger partial charge in [-0.05, 0) is 42.8 Å². The molecule has 0 radical (unpaired) electrons. The largest absolute Gasteiger partial charge is 0.493 e. The van der Waals surface area contributed by atoms with Crippen molar-refractivity contribution in [3.63, 3.8) is 0 Å². The first-order valence-corrected chi connectivity index (χ1v) is 10.8. The molecule has 1 unspecified atom stereocenters. The lowest BCUT2D eigenvalue weighted by atomic mass is 10.2. The van der Waals surface area contributed by atoms with E-state index < -0.39 is 11.9 Å². The molecule has 0 spiro atoms. The number of thioether (sulfide) groups is 2. The van der Waals surface area contributed by atoms with E-state index >= 15 is 0 Å². The summed E-state index contributed by atoms with van der Waals surface area (Å²) in [5, 5.41) is 2.61. The molecule has 1 aliphatic rings. The number of hydrogen-bond acceptors (Lipinski definition) is 5. The summed E-state index contributed by atoms with van der Waals surface area (Å²) >= 11 is 9.55. The van der Waals surface area contributed by atoms with E-state index in [2.05, 4.69) is 5.32 Å². The highest BCUT2D eigenvalue weighted by molar-refractivity contribution is 8.19. The first-order chi connectivity index (χ1) is 13.0. The van der Waals surface area contributed by atoms with Gasteiger partial charge in [-0.15, -0.1) is 23.5 Å². The smallest absolute Gasteiger partial charge is 0.265 e. The Bertz CT molecular complexity index is 831. The Balaban J connectivity index is 1.67. The molecule has 1 saturated heterocycles. The zero-order chi connectivity index (χ0) is 19.4. The molecule has 0 saturated carbocycles. The Labute approximate surface area is 171 Å². The molecule has 1 fully saturated rings. The van der Waals surface area contributed by atoms with Crippen LogP contribution in [-0.4, -0.2) is 30.6 Å². The Morgan fingerprint density at radius 3 is 2.63 bits per heavy atom. The van der Waals surface area contributed by atoms with E-state index in [0.717, 1.165) is 11.5 Å². The molecule has 1 N–H and O–H groups in total. The Hall–Kier alpha value is -1.57. The summed E-state index contributed by atoms with van der Waals surface area (Å²) in [5.74, 6) is 2.45. The van der Waals surface area contributed by atoms with Crippen molar-refractivity contribution in [1.82, 2.24) is 0 Å². The second-order valence-electron chi connectivity index (χ2n) is 5.86. The zero-order valence-electron chi connectivity index (χ0n) is 14.8. The van der Waals surface area contributed by atoms with Crippen molar-refractivity contribution >= 4 is 46.7 Å². The number of carbonyl (C=O) groups excluding carboxylic acids is 1. The highest BCUT2D eigenvalue weighted by atomic mass is 35.5. The van der Waals surface area contributed by atoms with Crippen LogP contribution in [0.3, 0.4) is 0 Å². The minimum atomic E-state index is -0.774. The highest BCUT2D eigenvalue weighted by Gasteiger charge is 2.22. The van der Waals surface area contributed by atoms with Gasteiger partial charge in [0.25, 0.3) is 5.91 Å². The van der Waals surface area contributed by atoms with Gasteiger partial charge in [-0.3, -0.25) is 4.79 Å². The number of nitrogens with one attached hydrogen (secondary N) is 1. The number of hydrogen-bond donors (Lipinski definition) is 1. The van der Waals surface area contributed by atoms with Crippen LogP contribution < -0.4 is 14.8 Å². The SMILES string of the molecule is COc1cc(C2SCCS2)ccc1OC(C)C(=O)Nc1ccc(F)c(Cl)c1. The lowest BCUT2D eigenvalue weighted by Crippen LogP contribution is -2.30. The summed E-state index contributed by atoms with van der Waals surface area (Å²) in [4.78, 5) is 12.4. The summed E-state index contributed by atoms with van der Waals surface area (Å²) < 4.78 is 24.8. The van der Waals surface area contributed by atoms with E-state index in [1.54, 1.807) is 14.0 Å². The van der Waals surface area contributed by atoms with Gasteiger partial charge in [0.2, 0.25) is 0 Å². The van der Waals surface area contributed by atoms with Crippen LogP contribution in [0.1, 0.15) is 17.1 Å². The predicted octanol–water partition coefficient (Wildman–Crippen LogP) is 5.37. The van der Waals surface area contributed by atoms with E-state index in [0.29, 0.717) is 21.8 Å². The maximum absolute atomic E-state index is 13.2. The molecule has 2 aromatic rings. The molecular formula is C19H19ClFNO3S2. The molecule has 1 atom stereocenters. The Morgan fingerprint density at radius 1 is 1.22 bits per heavy atom. The summed E-state index contributed by atoms with van der Waals surface area (Å²) in [6, 6.07) is 9.77. The number of anilines is 1. The molecule has 1 aliphatic heterocycles. The molecule has 27 heavy (non-hydrogen) atoms. The maximum Gasteiger partial charge on any atom is 0.265 e. The van der Waals surface area contributed by atoms with E-state index in [4.69, 9.17) is 21.1 Å². The third-order valence-corrected chi connectivity index (χ3v) is 7.34. The van der Waals surface area contributed by atoms with Crippen molar-refractivity contribution in [2.75, 3.05) is 23.9 Å². The molecule has 0 aromatic heterocycles. The molecule has 144 valence electrons. The van der Waals surface area contributed by atoms with Crippen LogP contribution in [0.15, 0.2) is 36.4 Å². The molecule has 1 amide bonds. The molecule has 8 heteroatoms. The van der Waals surface area contributed by atoms with Crippen molar-refractivity contribution in [2.24, 2.45) is 0 Å². The molecule has 0 bridgehead atoms.